The molecule has 1 atom stereocenters. The number of hydrogen-bond acceptors (Lipinski definition) is 5. The maximum Gasteiger partial charge on any atom is 0.243 e. The number of thiophene rings is 1. The summed E-state index contributed by atoms with van der Waals surface area (Å²) in [6.45, 7) is 5.93. The summed E-state index contributed by atoms with van der Waals surface area (Å²) in [7, 11) is 0. The molecule has 2 rings (SSSR count). The monoisotopic (exact) mass is 234 g/mol. The van der Waals surface area contributed by atoms with Gasteiger partial charge in [-0.2, -0.15) is 5.10 Å². The topological polar surface area (TPSA) is 50.7 Å². The zero-order chi connectivity index (χ0) is 11.5. The van der Waals surface area contributed by atoms with E-state index in [1.54, 1.807) is 11.3 Å². The molecular formula is C11H14N4S. The molecule has 0 saturated carbocycles. The van der Waals surface area contributed by atoms with Gasteiger partial charge in [-0.1, -0.05) is 6.07 Å². The molecule has 1 unspecified atom stereocenters. The van der Waals surface area contributed by atoms with Crippen LogP contribution in [0.2, 0.25) is 0 Å². The van der Waals surface area contributed by atoms with Gasteiger partial charge < -0.3 is 5.32 Å². The number of rotatable bonds is 3. The molecule has 84 valence electrons. The van der Waals surface area contributed by atoms with E-state index in [1.165, 1.54) is 4.88 Å². The molecule has 0 aliphatic heterocycles. The van der Waals surface area contributed by atoms with E-state index in [2.05, 4.69) is 38.9 Å². The minimum Gasteiger partial charge on any atom is -0.346 e. The van der Waals surface area contributed by atoms with Crippen LogP contribution in [0.1, 0.15) is 29.2 Å². The third-order valence-corrected chi connectivity index (χ3v) is 3.46. The van der Waals surface area contributed by atoms with Gasteiger partial charge in [-0.15, -0.1) is 16.4 Å². The molecule has 0 saturated heterocycles. The molecular weight excluding hydrogens is 220 g/mol. The maximum atomic E-state index is 4.34. The summed E-state index contributed by atoms with van der Waals surface area (Å²) in [5.74, 6) is 0.587. The van der Waals surface area contributed by atoms with Gasteiger partial charge in [0, 0.05) is 4.88 Å². The molecule has 0 aliphatic rings. The normalized spacial score (nSPS) is 12.4. The Labute approximate surface area is 98.8 Å². The van der Waals surface area contributed by atoms with Gasteiger partial charge >= 0.3 is 0 Å². The molecule has 2 aromatic rings. The molecule has 0 fully saturated rings. The van der Waals surface area contributed by atoms with Crippen molar-refractivity contribution in [3.05, 3.63) is 33.8 Å². The number of aryl methyl sites for hydroxylation is 2. The zero-order valence-corrected chi connectivity index (χ0v) is 10.4. The summed E-state index contributed by atoms with van der Waals surface area (Å²) in [6.07, 6.45) is 0. The molecule has 0 aliphatic carbocycles. The van der Waals surface area contributed by atoms with Crippen molar-refractivity contribution in [1.82, 2.24) is 15.2 Å². The highest BCUT2D eigenvalue weighted by atomic mass is 32.1. The van der Waals surface area contributed by atoms with Crippen molar-refractivity contribution in [3.63, 3.8) is 0 Å². The first kappa shape index (κ1) is 11.0. The van der Waals surface area contributed by atoms with Crippen LogP contribution in [0.4, 0.5) is 5.95 Å². The van der Waals surface area contributed by atoms with Gasteiger partial charge in [0.15, 0.2) is 0 Å². The lowest BCUT2D eigenvalue weighted by Crippen LogP contribution is -2.10. The predicted octanol–water partition coefficient (Wildman–Crippen LogP) is 2.72. The first-order valence-electron chi connectivity index (χ1n) is 5.14. The van der Waals surface area contributed by atoms with Crippen molar-refractivity contribution in [3.8, 4) is 0 Å². The second-order valence-corrected chi connectivity index (χ2v) is 4.67. The van der Waals surface area contributed by atoms with Crippen LogP contribution in [-0.2, 0) is 0 Å². The Bertz CT molecular complexity index is 467. The van der Waals surface area contributed by atoms with Crippen LogP contribution in [0.5, 0.6) is 0 Å². The number of aromatic nitrogens is 3. The van der Waals surface area contributed by atoms with Gasteiger partial charge in [0.25, 0.3) is 0 Å². The van der Waals surface area contributed by atoms with E-state index in [0.29, 0.717) is 5.95 Å². The molecule has 0 amide bonds. The van der Waals surface area contributed by atoms with E-state index in [9.17, 15) is 0 Å². The molecule has 0 aromatic carbocycles. The fraction of sp³-hybridized carbons (Fsp3) is 0.364. The van der Waals surface area contributed by atoms with Crippen molar-refractivity contribution in [1.29, 1.82) is 0 Å². The van der Waals surface area contributed by atoms with E-state index in [4.69, 9.17) is 0 Å². The Hall–Kier alpha value is -1.49. The fourth-order valence-corrected chi connectivity index (χ4v) is 2.05. The Morgan fingerprint density at radius 3 is 2.69 bits per heavy atom. The summed E-state index contributed by atoms with van der Waals surface area (Å²) < 4.78 is 0. The molecule has 5 heteroatoms. The van der Waals surface area contributed by atoms with Crippen molar-refractivity contribution in [2.45, 2.75) is 26.8 Å². The molecule has 4 nitrogen and oxygen atoms in total. The summed E-state index contributed by atoms with van der Waals surface area (Å²) in [6, 6.07) is 4.35. The highest BCUT2D eigenvalue weighted by Gasteiger charge is 2.08. The van der Waals surface area contributed by atoms with Crippen molar-refractivity contribution < 1.29 is 0 Å². The van der Waals surface area contributed by atoms with Crippen molar-refractivity contribution >= 4 is 17.3 Å². The van der Waals surface area contributed by atoms with Crippen molar-refractivity contribution in [2.75, 3.05) is 5.32 Å². The number of anilines is 1. The molecule has 16 heavy (non-hydrogen) atoms. The van der Waals surface area contributed by atoms with Gasteiger partial charge in [-0.3, -0.25) is 0 Å². The zero-order valence-electron chi connectivity index (χ0n) is 9.56. The van der Waals surface area contributed by atoms with E-state index >= 15 is 0 Å². The summed E-state index contributed by atoms with van der Waals surface area (Å²) in [4.78, 5) is 5.61. The van der Waals surface area contributed by atoms with Crippen LogP contribution in [0.3, 0.4) is 0 Å². The molecule has 1 N–H and O–H groups in total. The Balaban J connectivity index is 2.12. The van der Waals surface area contributed by atoms with E-state index in [1.807, 2.05) is 19.9 Å². The van der Waals surface area contributed by atoms with Crippen LogP contribution >= 0.6 is 11.3 Å². The van der Waals surface area contributed by atoms with E-state index in [-0.39, 0.29) is 6.04 Å². The first-order valence-corrected chi connectivity index (χ1v) is 6.02. The van der Waals surface area contributed by atoms with Crippen LogP contribution in [0.25, 0.3) is 0 Å². The van der Waals surface area contributed by atoms with Crippen LogP contribution in [0, 0.1) is 13.8 Å². The van der Waals surface area contributed by atoms with Gasteiger partial charge in [-0.05, 0) is 32.2 Å². The molecule has 0 radical (unpaired) electrons. The minimum absolute atomic E-state index is 0.212. The lowest BCUT2D eigenvalue weighted by Gasteiger charge is -2.11. The Morgan fingerprint density at radius 1 is 1.25 bits per heavy atom. The summed E-state index contributed by atoms with van der Waals surface area (Å²) >= 11 is 1.72. The first-order chi connectivity index (χ1) is 7.66. The Morgan fingerprint density at radius 2 is 2.06 bits per heavy atom. The van der Waals surface area contributed by atoms with Crippen LogP contribution < -0.4 is 5.32 Å². The molecule has 0 spiro atoms. The largest absolute Gasteiger partial charge is 0.346 e. The number of nitrogens with one attached hydrogen (secondary N) is 1. The number of nitrogens with zero attached hydrogens (tertiary/aromatic N) is 3. The van der Waals surface area contributed by atoms with Gasteiger partial charge in [0.05, 0.1) is 17.4 Å². The SMILES string of the molecule is Cc1nnc(NC(C)c2cccs2)nc1C. The van der Waals surface area contributed by atoms with Crippen LogP contribution in [-0.4, -0.2) is 15.2 Å². The van der Waals surface area contributed by atoms with Crippen LogP contribution in [0.15, 0.2) is 17.5 Å². The Kier molecular flexibility index (Phi) is 3.14. The van der Waals surface area contributed by atoms with Gasteiger partial charge in [-0.25, -0.2) is 4.98 Å². The van der Waals surface area contributed by atoms with E-state index < -0.39 is 0 Å². The fourth-order valence-electron chi connectivity index (χ4n) is 1.32. The van der Waals surface area contributed by atoms with Crippen molar-refractivity contribution in [2.24, 2.45) is 0 Å². The second kappa shape index (κ2) is 4.57. The van der Waals surface area contributed by atoms with Gasteiger partial charge in [0.2, 0.25) is 5.95 Å². The maximum absolute atomic E-state index is 4.34. The lowest BCUT2D eigenvalue weighted by atomic mass is 10.3. The van der Waals surface area contributed by atoms with Gasteiger partial charge in [0.1, 0.15) is 0 Å². The van der Waals surface area contributed by atoms with E-state index in [0.717, 1.165) is 11.4 Å². The quantitative estimate of drug-likeness (QED) is 0.887. The standard InChI is InChI=1S/C11H14N4S/c1-7-8(2)14-15-11(12-7)13-9(3)10-5-4-6-16-10/h4-6,9H,1-3H3,(H,12,13,15). The molecule has 0 bridgehead atoms. The predicted molar refractivity (Wildman–Crippen MR) is 65.7 cm³/mol. The third-order valence-electron chi connectivity index (χ3n) is 2.41. The minimum atomic E-state index is 0.212. The highest BCUT2D eigenvalue weighted by Crippen LogP contribution is 2.21. The average molecular weight is 234 g/mol. The molecule has 2 aromatic heterocycles. The third kappa shape index (κ3) is 2.36. The summed E-state index contributed by atoms with van der Waals surface area (Å²) in [5, 5.41) is 13.4. The second-order valence-electron chi connectivity index (χ2n) is 3.69. The highest BCUT2D eigenvalue weighted by molar-refractivity contribution is 7.10. The number of hydrogen-bond donors (Lipinski definition) is 1. The lowest BCUT2D eigenvalue weighted by molar-refractivity contribution is 0.831. The average Bonchev–Trinajstić information content (AvgIpc) is 2.77. The smallest absolute Gasteiger partial charge is 0.243 e. The summed E-state index contributed by atoms with van der Waals surface area (Å²) in [5.41, 5.74) is 1.78. The molecule has 2 heterocycles.